The Morgan fingerprint density at radius 3 is 2.68 bits per heavy atom. The summed E-state index contributed by atoms with van der Waals surface area (Å²) in [6.45, 7) is 6.35. The largest absolute Gasteiger partial charge is 0.479 e. The van der Waals surface area contributed by atoms with Crippen molar-refractivity contribution in [1.29, 1.82) is 0 Å². The molecular formula is C18H24N2O5. The number of nitrogens with one attached hydrogen (secondary N) is 1. The molecule has 2 rings (SSSR count). The molecule has 0 aliphatic carbocycles. The van der Waals surface area contributed by atoms with Gasteiger partial charge >= 0.3 is 5.97 Å². The van der Waals surface area contributed by atoms with Crippen LogP contribution in [0.25, 0.3) is 0 Å². The van der Waals surface area contributed by atoms with Crippen molar-refractivity contribution in [2.24, 2.45) is 5.92 Å². The Morgan fingerprint density at radius 2 is 2.08 bits per heavy atom. The number of nitrogens with zero attached hydrogens (tertiary/aromatic N) is 1. The van der Waals surface area contributed by atoms with Crippen LogP contribution in [0.1, 0.15) is 36.2 Å². The molecule has 1 fully saturated rings. The van der Waals surface area contributed by atoms with Gasteiger partial charge < -0.3 is 20.1 Å². The average molecular weight is 348 g/mol. The molecule has 1 atom stereocenters. The van der Waals surface area contributed by atoms with Gasteiger partial charge in [0.1, 0.15) is 0 Å². The monoisotopic (exact) mass is 348 g/mol. The van der Waals surface area contributed by atoms with Crippen molar-refractivity contribution >= 4 is 23.5 Å². The zero-order valence-corrected chi connectivity index (χ0v) is 14.7. The first-order chi connectivity index (χ1) is 11.8. The number of aryl methyl sites for hydroxylation is 1. The maximum absolute atomic E-state index is 12.6. The highest BCUT2D eigenvalue weighted by atomic mass is 16.5. The molecule has 1 heterocycles. The fourth-order valence-electron chi connectivity index (χ4n) is 2.67. The fraction of sp³-hybridized carbons (Fsp3) is 0.500. The summed E-state index contributed by atoms with van der Waals surface area (Å²) in [6, 6.07) is 5.06. The van der Waals surface area contributed by atoms with Crippen molar-refractivity contribution in [2.75, 3.05) is 25.0 Å². The predicted octanol–water partition coefficient (Wildman–Crippen LogP) is 1.91. The Bertz CT molecular complexity index is 671. The maximum Gasteiger partial charge on any atom is 0.334 e. The van der Waals surface area contributed by atoms with Gasteiger partial charge in [0, 0.05) is 24.2 Å². The Balaban J connectivity index is 2.07. The van der Waals surface area contributed by atoms with E-state index in [4.69, 9.17) is 9.84 Å². The number of carboxylic acids is 1. The van der Waals surface area contributed by atoms with E-state index in [0.717, 1.165) is 5.56 Å². The minimum absolute atomic E-state index is 0.0279. The summed E-state index contributed by atoms with van der Waals surface area (Å²) in [5.74, 6) is -1.10. The molecule has 7 nitrogen and oxygen atoms in total. The molecule has 1 unspecified atom stereocenters. The van der Waals surface area contributed by atoms with Crippen LogP contribution < -0.4 is 5.32 Å². The molecule has 0 radical (unpaired) electrons. The minimum Gasteiger partial charge on any atom is -0.479 e. The van der Waals surface area contributed by atoms with Gasteiger partial charge in [-0.05, 0) is 36.6 Å². The van der Waals surface area contributed by atoms with Crippen molar-refractivity contribution in [3.63, 3.8) is 0 Å². The van der Waals surface area contributed by atoms with Gasteiger partial charge in [0.2, 0.25) is 5.91 Å². The van der Waals surface area contributed by atoms with Crippen LogP contribution in [0, 0.1) is 12.8 Å². The van der Waals surface area contributed by atoms with Gasteiger partial charge in [0.25, 0.3) is 5.91 Å². The number of hydrogen-bond acceptors (Lipinski definition) is 4. The highest BCUT2D eigenvalue weighted by Gasteiger charge is 2.29. The molecule has 0 spiro atoms. The van der Waals surface area contributed by atoms with Crippen molar-refractivity contribution in [2.45, 2.75) is 33.3 Å². The van der Waals surface area contributed by atoms with Gasteiger partial charge in [-0.25, -0.2) is 4.79 Å². The molecular weight excluding hydrogens is 324 g/mol. The standard InChI is InChI=1S/C18H24N2O5/c1-11(2)8-16(21)19-14-5-4-13(9-12(14)3)17(22)20-6-7-25-15(10-20)18(23)24/h4-5,9,11,15H,6-8,10H2,1-3H3,(H,19,21)(H,23,24). The van der Waals surface area contributed by atoms with Gasteiger partial charge in [-0.1, -0.05) is 13.8 Å². The van der Waals surface area contributed by atoms with E-state index in [1.54, 1.807) is 18.2 Å². The molecule has 2 amide bonds. The van der Waals surface area contributed by atoms with Crippen LogP contribution >= 0.6 is 0 Å². The van der Waals surface area contributed by atoms with Gasteiger partial charge in [0.15, 0.2) is 6.10 Å². The Labute approximate surface area is 147 Å². The maximum atomic E-state index is 12.6. The number of benzene rings is 1. The lowest BCUT2D eigenvalue weighted by Gasteiger charge is -2.31. The molecule has 7 heteroatoms. The number of amides is 2. The van der Waals surface area contributed by atoms with Crippen LogP contribution in [0.3, 0.4) is 0 Å². The first-order valence-corrected chi connectivity index (χ1v) is 8.32. The molecule has 1 aromatic rings. The van der Waals surface area contributed by atoms with E-state index in [0.29, 0.717) is 24.2 Å². The highest BCUT2D eigenvalue weighted by Crippen LogP contribution is 2.19. The number of anilines is 1. The molecule has 0 aromatic heterocycles. The van der Waals surface area contributed by atoms with E-state index < -0.39 is 12.1 Å². The van der Waals surface area contributed by atoms with Crippen molar-refractivity contribution in [3.05, 3.63) is 29.3 Å². The van der Waals surface area contributed by atoms with E-state index in [-0.39, 0.29) is 30.9 Å². The number of ether oxygens (including phenoxy) is 1. The lowest BCUT2D eigenvalue weighted by molar-refractivity contribution is -0.154. The Kier molecular flexibility index (Phi) is 6.14. The molecule has 0 bridgehead atoms. The number of carbonyl (C=O) groups excluding carboxylic acids is 2. The third-order valence-corrected chi connectivity index (χ3v) is 3.97. The van der Waals surface area contributed by atoms with E-state index in [2.05, 4.69) is 5.32 Å². The van der Waals surface area contributed by atoms with Crippen LogP contribution in [-0.2, 0) is 14.3 Å². The number of aliphatic carboxylic acids is 1. The summed E-state index contributed by atoms with van der Waals surface area (Å²) in [5.41, 5.74) is 1.92. The van der Waals surface area contributed by atoms with Crippen LogP contribution in [0.4, 0.5) is 5.69 Å². The molecule has 0 saturated carbocycles. The van der Waals surface area contributed by atoms with Crippen LogP contribution in [0.15, 0.2) is 18.2 Å². The van der Waals surface area contributed by atoms with E-state index in [1.807, 2.05) is 20.8 Å². The normalized spacial score (nSPS) is 17.4. The summed E-state index contributed by atoms with van der Waals surface area (Å²) in [4.78, 5) is 37.0. The third kappa shape index (κ3) is 5.03. The number of carboxylic acid groups (broad SMARTS) is 1. The quantitative estimate of drug-likeness (QED) is 0.847. The highest BCUT2D eigenvalue weighted by molar-refractivity contribution is 5.97. The lowest BCUT2D eigenvalue weighted by atomic mass is 10.1. The summed E-state index contributed by atoms with van der Waals surface area (Å²) in [5, 5.41) is 11.9. The number of hydrogen-bond donors (Lipinski definition) is 2. The van der Waals surface area contributed by atoms with Crippen molar-refractivity contribution in [3.8, 4) is 0 Å². The second-order valence-electron chi connectivity index (χ2n) is 6.62. The SMILES string of the molecule is Cc1cc(C(=O)N2CCOC(C(=O)O)C2)ccc1NC(=O)CC(C)C. The van der Waals surface area contributed by atoms with Gasteiger partial charge in [-0.15, -0.1) is 0 Å². The first kappa shape index (κ1) is 18.9. The molecule has 1 aromatic carbocycles. The van der Waals surface area contributed by atoms with Crippen molar-refractivity contribution in [1.82, 2.24) is 4.90 Å². The molecule has 2 N–H and O–H groups in total. The molecule has 136 valence electrons. The van der Waals surface area contributed by atoms with E-state index >= 15 is 0 Å². The van der Waals surface area contributed by atoms with Gasteiger partial charge in [0.05, 0.1) is 13.2 Å². The Morgan fingerprint density at radius 1 is 1.36 bits per heavy atom. The first-order valence-electron chi connectivity index (χ1n) is 8.32. The third-order valence-electron chi connectivity index (χ3n) is 3.97. The molecule has 25 heavy (non-hydrogen) atoms. The zero-order valence-electron chi connectivity index (χ0n) is 14.7. The molecule has 1 saturated heterocycles. The summed E-state index contributed by atoms with van der Waals surface area (Å²) in [6.07, 6.45) is -0.557. The van der Waals surface area contributed by atoms with E-state index in [9.17, 15) is 14.4 Å². The molecule has 1 aliphatic rings. The van der Waals surface area contributed by atoms with Crippen LogP contribution in [0.2, 0.25) is 0 Å². The lowest BCUT2D eigenvalue weighted by Crippen LogP contribution is -2.48. The summed E-state index contributed by atoms with van der Waals surface area (Å²) < 4.78 is 5.13. The van der Waals surface area contributed by atoms with Gasteiger partial charge in [-0.2, -0.15) is 0 Å². The van der Waals surface area contributed by atoms with E-state index in [1.165, 1.54) is 4.90 Å². The number of rotatable bonds is 5. The van der Waals surface area contributed by atoms with Crippen molar-refractivity contribution < 1.29 is 24.2 Å². The summed E-state index contributed by atoms with van der Waals surface area (Å²) >= 11 is 0. The number of carbonyl (C=O) groups is 3. The second-order valence-corrected chi connectivity index (χ2v) is 6.62. The number of morpholine rings is 1. The second kappa shape index (κ2) is 8.11. The minimum atomic E-state index is -1.07. The topological polar surface area (TPSA) is 95.9 Å². The Hall–Kier alpha value is -2.41. The summed E-state index contributed by atoms with van der Waals surface area (Å²) in [7, 11) is 0. The fourth-order valence-corrected chi connectivity index (χ4v) is 2.67. The van der Waals surface area contributed by atoms with Gasteiger partial charge in [-0.3, -0.25) is 9.59 Å². The molecule has 1 aliphatic heterocycles. The van der Waals surface area contributed by atoms with Crippen LogP contribution in [-0.4, -0.2) is 53.6 Å². The predicted molar refractivity (Wildman–Crippen MR) is 92.5 cm³/mol. The average Bonchev–Trinajstić information content (AvgIpc) is 2.55. The zero-order chi connectivity index (χ0) is 18.6. The smallest absolute Gasteiger partial charge is 0.334 e. The van der Waals surface area contributed by atoms with Crippen LogP contribution in [0.5, 0.6) is 0 Å².